The van der Waals surface area contributed by atoms with Gasteiger partial charge >= 0.3 is 5.97 Å². The van der Waals surface area contributed by atoms with Crippen LogP contribution in [0.3, 0.4) is 0 Å². The molecule has 1 atom stereocenters. The molecule has 1 rings (SSSR count). The number of hydrogen-bond acceptors (Lipinski definition) is 5. The Hall–Kier alpha value is -0.880. The van der Waals surface area contributed by atoms with Crippen molar-refractivity contribution in [2.24, 2.45) is 0 Å². The minimum absolute atomic E-state index is 0.0633. The van der Waals surface area contributed by atoms with Crippen LogP contribution in [-0.2, 0) is 14.3 Å². The van der Waals surface area contributed by atoms with E-state index in [-0.39, 0.29) is 12.3 Å². The van der Waals surface area contributed by atoms with Gasteiger partial charge in [-0.1, -0.05) is 30.1 Å². The Morgan fingerprint density at radius 3 is 3.00 bits per heavy atom. The van der Waals surface area contributed by atoms with E-state index in [0.29, 0.717) is 10.9 Å². The van der Waals surface area contributed by atoms with Gasteiger partial charge in [0.1, 0.15) is 9.57 Å². The minimum Gasteiger partial charge on any atom is -0.469 e. The average molecular weight is 245 g/mol. The summed E-state index contributed by atoms with van der Waals surface area (Å²) in [6.07, 6.45) is 1.67. The number of thiocarbonyl (C=S) groups is 1. The van der Waals surface area contributed by atoms with Crippen LogP contribution >= 0.6 is 24.0 Å². The van der Waals surface area contributed by atoms with Crippen LogP contribution in [0.25, 0.3) is 0 Å². The normalized spacial score (nSPS) is 20.6. The molecule has 1 unspecified atom stereocenters. The van der Waals surface area contributed by atoms with E-state index < -0.39 is 11.2 Å². The first-order valence-corrected chi connectivity index (χ1v) is 5.58. The molecule has 1 aliphatic heterocycles. The fraction of sp³-hybridized carbons (Fsp3) is 0.444. The largest absolute Gasteiger partial charge is 0.469 e. The van der Waals surface area contributed by atoms with E-state index in [1.165, 1.54) is 23.8 Å². The summed E-state index contributed by atoms with van der Waals surface area (Å²) in [6.45, 7) is 3.93. The maximum Gasteiger partial charge on any atom is 0.307 e. The lowest BCUT2D eigenvalue weighted by Gasteiger charge is -2.11. The zero-order valence-corrected chi connectivity index (χ0v) is 9.90. The summed E-state index contributed by atoms with van der Waals surface area (Å²) in [5, 5.41) is -0.440. The minimum atomic E-state index is -0.440. The van der Waals surface area contributed by atoms with Crippen molar-refractivity contribution in [1.82, 2.24) is 4.90 Å². The quantitative estimate of drug-likeness (QED) is 0.419. The van der Waals surface area contributed by atoms with Crippen LogP contribution < -0.4 is 0 Å². The lowest BCUT2D eigenvalue weighted by Crippen LogP contribution is -2.32. The Kier molecular flexibility index (Phi) is 4.28. The maximum absolute atomic E-state index is 11.7. The number of esters is 1. The van der Waals surface area contributed by atoms with Crippen LogP contribution in [0.2, 0.25) is 0 Å². The topological polar surface area (TPSA) is 46.6 Å². The second kappa shape index (κ2) is 5.27. The standard InChI is InChI=1S/C9H11NO3S2/c1-3-4-10-8(12)6(15-9(10)14)5-7(11)13-2/h3,6H,1,4-5H2,2H3. The predicted octanol–water partition coefficient (Wildman–Crippen LogP) is 0.964. The molecule has 15 heavy (non-hydrogen) atoms. The number of carbonyl (C=O) groups excluding carboxylic acids is 2. The summed E-state index contributed by atoms with van der Waals surface area (Å²) in [5.74, 6) is -0.542. The van der Waals surface area contributed by atoms with Crippen molar-refractivity contribution in [2.75, 3.05) is 13.7 Å². The number of hydrogen-bond donors (Lipinski definition) is 0. The van der Waals surface area contributed by atoms with E-state index in [0.717, 1.165) is 0 Å². The molecule has 1 fully saturated rings. The molecule has 0 spiro atoms. The van der Waals surface area contributed by atoms with Crippen molar-refractivity contribution in [3.8, 4) is 0 Å². The zero-order valence-electron chi connectivity index (χ0n) is 8.26. The predicted molar refractivity (Wildman–Crippen MR) is 62.5 cm³/mol. The summed E-state index contributed by atoms with van der Waals surface area (Å²) >= 11 is 6.24. The molecule has 0 aliphatic carbocycles. The van der Waals surface area contributed by atoms with Gasteiger partial charge in [-0.3, -0.25) is 14.5 Å². The number of ether oxygens (including phenoxy) is 1. The first-order chi connectivity index (χ1) is 7.10. The molecule has 1 saturated heterocycles. The molecule has 0 aromatic rings. The van der Waals surface area contributed by atoms with E-state index in [2.05, 4.69) is 11.3 Å². The van der Waals surface area contributed by atoms with Gasteiger partial charge in [-0.2, -0.15) is 0 Å². The average Bonchev–Trinajstić information content (AvgIpc) is 2.46. The molecule has 0 bridgehead atoms. The first kappa shape index (κ1) is 12.2. The summed E-state index contributed by atoms with van der Waals surface area (Å²) < 4.78 is 5.00. The number of amides is 1. The second-order valence-corrected chi connectivity index (χ2v) is 4.73. The Morgan fingerprint density at radius 1 is 1.80 bits per heavy atom. The van der Waals surface area contributed by atoms with Crippen LogP contribution in [0.4, 0.5) is 0 Å². The van der Waals surface area contributed by atoms with Gasteiger partial charge in [0.15, 0.2) is 0 Å². The first-order valence-electron chi connectivity index (χ1n) is 4.29. The summed E-state index contributed by atoms with van der Waals surface area (Å²) in [4.78, 5) is 24.2. The van der Waals surface area contributed by atoms with Gasteiger partial charge in [-0.15, -0.1) is 6.58 Å². The third-order valence-electron chi connectivity index (χ3n) is 1.90. The monoisotopic (exact) mass is 245 g/mol. The fourth-order valence-corrected chi connectivity index (χ4v) is 2.65. The van der Waals surface area contributed by atoms with E-state index in [9.17, 15) is 9.59 Å². The van der Waals surface area contributed by atoms with Gasteiger partial charge in [0.2, 0.25) is 5.91 Å². The SMILES string of the molecule is C=CCN1C(=O)C(CC(=O)OC)SC1=S. The number of rotatable bonds is 4. The van der Waals surface area contributed by atoms with E-state index >= 15 is 0 Å². The van der Waals surface area contributed by atoms with Crippen LogP contribution in [0.1, 0.15) is 6.42 Å². The van der Waals surface area contributed by atoms with Crippen molar-refractivity contribution < 1.29 is 14.3 Å². The Morgan fingerprint density at radius 2 is 2.47 bits per heavy atom. The van der Waals surface area contributed by atoms with E-state index in [1.54, 1.807) is 6.08 Å². The fourth-order valence-electron chi connectivity index (χ4n) is 1.16. The van der Waals surface area contributed by atoms with Crippen LogP contribution in [-0.4, -0.2) is 40.0 Å². The van der Waals surface area contributed by atoms with E-state index in [1.807, 2.05) is 0 Å². The summed E-state index contributed by atoms with van der Waals surface area (Å²) in [5.41, 5.74) is 0. The number of methoxy groups -OCH3 is 1. The van der Waals surface area contributed by atoms with E-state index in [4.69, 9.17) is 12.2 Å². The molecule has 1 aliphatic rings. The van der Waals surface area contributed by atoms with Crippen molar-refractivity contribution >= 4 is 40.2 Å². The molecule has 4 nitrogen and oxygen atoms in total. The third kappa shape index (κ3) is 2.79. The molecule has 1 heterocycles. The van der Waals surface area contributed by atoms with Gasteiger partial charge in [0, 0.05) is 6.54 Å². The highest BCUT2D eigenvalue weighted by molar-refractivity contribution is 8.24. The van der Waals surface area contributed by atoms with Gasteiger partial charge in [-0.25, -0.2) is 0 Å². The Labute approximate surface area is 97.6 Å². The summed E-state index contributed by atoms with van der Waals surface area (Å²) in [6, 6.07) is 0. The van der Waals surface area contributed by atoms with Gasteiger partial charge in [-0.05, 0) is 0 Å². The van der Waals surface area contributed by atoms with Crippen molar-refractivity contribution in [1.29, 1.82) is 0 Å². The van der Waals surface area contributed by atoms with Crippen molar-refractivity contribution in [3.05, 3.63) is 12.7 Å². The maximum atomic E-state index is 11.7. The molecular formula is C9H11NO3S2. The molecule has 82 valence electrons. The number of carbonyl (C=O) groups is 2. The third-order valence-corrected chi connectivity index (χ3v) is 3.48. The van der Waals surface area contributed by atoms with Crippen LogP contribution in [0, 0.1) is 0 Å². The van der Waals surface area contributed by atoms with Gasteiger partial charge in [0.05, 0.1) is 13.5 Å². The lowest BCUT2D eigenvalue weighted by atomic mass is 10.3. The van der Waals surface area contributed by atoms with Gasteiger partial charge in [0.25, 0.3) is 0 Å². The molecule has 0 aromatic heterocycles. The molecule has 1 amide bonds. The molecule has 0 N–H and O–H groups in total. The number of thioether (sulfide) groups is 1. The highest BCUT2D eigenvalue weighted by atomic mass is 32.2. The number of nitrogens with zero attached hydrogens (tertiary/aromatic N) is 1. The summed E-state index contributed by atoms with van der Waals surface area (Å²) in [7, 11) is 1.30. The highest BCUT2D eigenvalue weighted by Gasteiger charge is 2.37. The van der Waals surface area contributed by atoms with Crippen LogP contribution in [0.5, 0.6) is 0 Å². The Balaban J connectivity index is 2.64. The molecule has 0 saturated carbocycles. The molecule has 0 aromatic carbocycles. The van der Waals surface area contributed by atoms with Crippen molar-refractivity contribution in [3.63, 3.8) is 0 Å². The van der Waals surface area contributed by atoms with Crippen molar-refractivity contribution in [2.45, 2.75) is 11.7 Å². The highest BCUT2D eigenvalue weighted by Crippen LogP contribution is 2.29. The zero-order chi connectivity index (χ0) is 11.4. The molecule has 0 radical (unpaired) electrons. The smallest absolute Gasteiger partial charge is 0.307 e. The Bertz CT molecular complexity index is 316. The second-order valence-electron chi connectivity index (χ2n) is 2.89. The molecular weight excluding hydrogens is 234 g/mol. The lowest BCUT2D eigenvalue weighted by molar-refractivity contribution is -0.142. The van der Waals surface area contributed by atoms with Gasteiger partial charge < -0.3 is 4.74 Å². The molecule has 6 heteroatoms. The van der Waals surface area contributed by atoms with Crippen LogP contribution in [0.15, 0.2) is 12.7 Å².